The molecule has 0 saturated heterocycles. The van der Waals surface area contributed by atoms with Crippen LogP contribution < -0.4 is 20.7 Å². The van der Waals surface area contributed by atoms with Crippen molar-refractivity contribution in [3.05, 3.63) is 99.0 Å². The molecule has 0 saturated carbocycles. The Balaban J connectivity index is 1.47. The SMILES string of the molecule is CCOc1cccc2cc(-c3cc(=O)oc4c5c(ccc34)OCN(Cc3cccnc3)C5)c(=O)oc12. The van der Waals surface area contributed by atoms with Crippen LogP contribution in [0.25, 0.3) is 33.1 Å². The predicted octanol–water partition coefficient (Wildman–Crippen LogP) is 4.71. The molecule has 0 unspecified atom stereocenters. The van der Waals surface area contributed by atoms with Crippen molar-refractivity contribution in [2.45, 2.75) is 20.0 Å². The van der Waals surface area contributed by atoms with Gasteiger partial charge in [0.15, 0.2) is 11.3 Å². The molecule has 36 heavy (non-hydrogen) atoms. The Morgan fingerprint density at radius 2 is 1.92 bits per heavy atom. The zero-order valence-electron chi connectivity index (χ0n) is 19.5. The highest BCUT2D eigenvalue weighted by Gasteiger charge is 2.24. The van der Waals surface area contributed by atoms with Gasteiger partial charge in [0.25, 0.3) is 0 Å². The van der Waals surface area contributed by atoms with Crippen LogP contribution in [-0.4, -0.2) is 23.2 Å². The van der Waals surface area contributed by atoms with E-state index < -0.39 is 11.3 Å². The Hall–Kier alpha value is -4.43. The van der Waals surface area contributed by atoms with Gasteiger partial charge in [-0.25, -0.2) is 9.59 Å². The van der Waals surface area contributed by atoms with Gasteiger partial charge in [0, 0.05) is 47.9 Å². The van der Waals surface area contributed by atoms with Gasteiger partial charge in [0.2, 0.25) is 0 Å². The van der Waals surface area contributed by atoms with Crippen LogP contribution in [-0.2, 0) is 13.1 Å². The fraction of sp³-hybridized carbons (Fsp3) is 0.179. The van der Waals surface area contributed by atoms with Crippen molar-refractivity contribution in [2.24, 2.45) is 0 Å². The van der Waals surface area contributed by atoms with E-state index in [-0.39, 0.29) is 5.56 Å². The third-order valence-corrected chi connectivity index (χ3v) is 6.20. The number of para-hydroxylation sites is 1. The summed E-state index contributed by atoms with van der Waals surface area (Å²) in [7, 11) is 0. The molecule has 5 aromatic rings. The second-order valence-corrected chi connectivity index (χ2v) is 8.57. The monoisotopic (exact) mass is 482 g/mol. The summed E-state index contributed by atoms with van der Waals surface area (Å²) in [5, 5.41) is 1.33. The largest absolute Gasteiger partial charge is 0.490 e. The molecule has 2 aromatic carbocycles. The van der Waals surface area contributed by atoms with E-state index in [9.17, 15) is 9.59 Å². The summed E-state index contributed by atoms with van der Waals surface area (Å²) >= 11 is 0. The van der Waals surface area contributed by atoms with Crippen LogP contribution >= 0.6 is 0 Å². The van der Waals surface area contributed by atoms with E-state index in [1.165, 1.54) is 6.07 Å². The highest BCUT2D eigenvalue weighted by Crippen LogP contribution is 2.36. The van der Waals surface area contributed by atoms with Gasteiger partial charge in [-0.2, -0.15) is 0 Å². The Morgan fingerprint density at radius 3 is 2.75 bits per heavy atom. The predicted molar refractivity (Wildman–Crippen MR) is 134 cm³/mol. The van der Waals surface area contributed by atoms with E-state index in [0.717, 1.165) is 11.1 Å². The minimum Gasteiger partial charge on any atom is -0.490 e. The number of nitrogens with zero attached hydrogens (tertiary/aromatic N) is 2. The molecule has 8 heteroatoms. The average Bonchev–Trinajstić information content (AvgIpc) is 2.89. The first kappa shape index (κ1) is 22.1. The molecule has 8 nitrogen and oxygen atoms in total. The molecule has 0 spiro atoms. The summed E-state index contributed by atoms with van der Waals surface area (Å²) < 4.78 is 22.9. The van der Waals surface area contributed by atoms with Crippen LogP contribution in [0, 0.1) is 0 Å². The minimum absolute atomic E-state index is 0.276. The Kier molecular flexibility index (Phi) is 5.50. The van der Waals surface area contributed by atoms with Crippen molar-refractivity contribution in [1.82, 2.24) is 9.88 Å². The first-order valence-electron chi connectivity index (χ1n) is 11.6. The van der Waals surface area contributed by atoms with Crippen molar-refractivity contribution < 1.29 is 18.3 Å². The van der Waals surface area contributed by atoms with Gasteiger partial charge >= 0.3 is 11.3 Å². The van der Waals surface area contributed by atoms with Crippen molar-refractivity contribution in [1.29, 1.82) is 0 Å². The number of pyridine rings is 1. The lowest BCUT2D eigenvalue weighted by atomic mass is 9.99. The smallest absolute Gasteiger partial charge is 0.344 e. The Labute approximate surface area is 205 Å². The lowest BCUT2D eigenvalue weighted by Crippen LogP contribution is -2.31. The number of rotatable bonds is 5. The average molecular weight is 482 g/mol. The lowest BCUT2D eigenvalue weighted by molar-refractivity contribution is 0.0889. The standard InChI is InChI=1S/C28H22N2O6/c1-2-33-24-7-3-6-18-11-21(28(32)36-26(18)24)20-12-25(31)35-27-19(20)8-9-23-22(27)15-30(16-34-23)14-17-5-4-10-29-13-17/h3-13H,2,14-16H2,1H3. The van der Waals surface area contributed by atoms with E-state index >= 15 is 0 Å². The molecule has 0 radical (unpaired) electrons. The number of hydrogen-bond donors (Lipinski definition) is 0. The second kappa shape index (κ2) is 8.98. The van der Waals surface area contributed by atoms with Crippen molar-refractivity contribution in [3.63, 3.8) is 0 Å². The van der Waals surface area contributed by atoms with Crippen LogP contribution in [0.5, 0.6) is 11.5 Å². The molecule has 0 N–H and O–H groups in total. The molecule has 0 atom stereocenters. The summed E-state index contributed by atoms with van der Waals surface area (Å²) in [5.41, 5.74) is 2.18. The van der Waals surface area contributed by atoms with E-state index in [2.05, 4.69) is 9.88 Å². The number of hydrogen-bond acceptors (Lipinski definition) is 8. The molecule has 0 aliphatic carbocycles. The van der Waals surface area contributed by atoms with E-state index in [1.54, 1.807) is 18.3 Å². The van der Waals surface area contributed by atoms with E-state index in [0.29, 0.717) is 65.4 Å². The van der Waals surface area contributed by atoms with Gasteiger partial charge in [-0.1, -0.05) is 18.2 Å². The molecule has 0 fully saturated rings. The van der Waals surface area contributed by atoms with Gasteiger partial charge in [-0.05, 0) is 42.8 Å². The quantitative estimate of drug-likeness (QED) is 0.332. The first-order chi connectivity index (χ1) is 17.6. The molecule has 0 bridgehead atoms. The maximum Gasteiger partial charge on any atom is 0.344 e. The summed E-state index contributed by atoms with van der Waals surface area (Å²) in [5.74, 6) is 1.15. The highest BCUT2D eigenvalue weighted by atomic mass is 16.5. The maximum absolute atomic E-state index is 13.1. The van der Waals surface area contributed by atoms with E-state index in [4.69, 9.17) is 18.3 Å². The fourth-order valence-corrected chi connectivity index (χ4v) is 4.63. The fourth-order valence-electron chi connectivity index (χ4n) is 4.63. The maximum atomic E-state index is 13.1. The molecular weight excluding hydrogens is 460 g/mol. The van der Waals surface area contributed by atoms with Crippen LogP contribution in [0.4, 0.5) is 0 Å². The van der Waals surface area contributed by atoms with Crippen molar-refractivity contribution >= 4 is 21.9 Å². The molecule has 6 rings (SSSR count). The van der Waals surface area contributed by atoms with Crippen LogP contribution in [0.3, 0.4) is 0 Å². The molecule has 1 aliphatic heterocycles. The zero-order chi connectivity index (χ0) is 24.6. The lowest BCUT2D eigenvalue weighted by Gasteiger charge is -2.29. The van der Waals surface area contributed by atoms with E-state index in [1.807, 2.05) is 49.5 Å². The summed E-state index contributed by atoms with van der Waals surface area (Å²) in [6, 6.07) is 16.0. The first-order valence-corrected chi connectivity index (χ1v) is 11.6. The molecular formula is C28H22N2O6. The second-order valence-electron chi connectivity index (χ2n) is 8.57. The number of fused-ring (bicyclic) bond motifs is 4. The number of benzene rings is 2. The molecule has 1 aliphatic rings. The van der Waals surface area contributed by atoms with Gasteiger partial charge < -0.3 is 18.3 Å². The van der Waals surface area contributed by atoms with Crippen molar-refractivity contribution in [3.8, 4) is 22.6 Å². The number of ether oxygens (including phenoxy) is 2. The molecule has 3 aromatic heterocycles. The van der Waals surface area contributed by atoms with Gasteiger partial charge in [-0.3, -0.25) is 9.88 Å². The Morgan fingerprint density at radius 1 is 1.00 bits per heavy atom. The van der Waals surface area contributed by atoms with Gasteiger partial charge in [0.05, 0.1) is 17.7 Å². The third-order valence-electron chi connectivity index (χ3n) is 6.20. The normalized spacial score (nSPS) is 13.5. The topological polar surface area (TPSA) is 95.0 Å². The number of aromatic nitrogens is 1. The summed E-state index contributed by atoms with van der Waals surface area (Å²) in [6.45, 7) is 3.85. The summed E-state index contributed by atoms with van der Waals surface area (Å²) in [6.07, 6.45) is 3.54. The Bertz CT molecular complexity index is 1710. The van der Waals surface area contributed by atoms with Crippen LogP contribution in [0.1, 0.15) is 18.1 Å². The van der Waals surface area contributed by atoms with Crippen LogP contribution in [0.15, 0.2) is 85.4 Å². The zero-order valence-corrected chi connectivity index (χ0v) is 19.5. The highest BCUT2D eigenvalue weighted by molar-refractivity contribution is 5.97. The minimum atomic E-state index is -0.561. The van der Waals surface area contributed by atoms with Gasteiger partial charge in [0.1, 0.15) is 18.1 Å². The summed E-state index contributed by atoms with van der Waals surface area (Å²) in [4.78, 5) is 32.0. The molecule has 0 amide bonds. The van der Waals surface area contributed by atoms with Gasteiger partial charge in [-0.15, -0.1) is 0 Å². The third kappa shape index (κ3) is 3.91. The molecule has 4 heterocycles. The van der Waals surface area contributed by atoms with Crippen LogP contribution in [0.2, 0.25) is 0 Å². The van der Waals surface area contributed by atoms with Crippen molar-refractivity contribution in [2.75, 3.05) is 13.3 Å². The molecule has 180 valence electrons.